The molecule has 0 aliphatic rings. The van der Waals surface area contributed by atoms with Gasteiger partial charge in [-0.2, -0.15) is 0 Å². The summed E-state index contributed by atoms with van der Waals surface area (Å²) in [4.78, 5) is 0. The first kappa shape index (κ1) is 9.80. The number of rotatable bonds is 2. The maximum absolute atomic E-state index is 12.5. The lowest BCUT2D eigenvalue weighted by Crippen LogP contribution is -1.93. The van der Waals surface area contributed by atoms with E-state index in [1.807, 2.05) is 13.8 Å². The molecule has 0 heterocycles. The van der Waals surface area contributed by atoms with Gasteiger partial charge in [0.25, 0.3) is 0 Å². The van der Waals surface area contributed by atoms with Crippen LogP contribution in [0.3, 0.4) is 0 Å². The Balaban J connectivity index is 2.62. The lowest BCUT2D eigenvalue weighted by Gasteiger charge is -2.02. The van der Waals surface area contributed by atoms with Gasteiger partial charge in [0, 0.05) is 5.92 Å². The molecule has 1 radical (unpaired) electrons. The minimum Gasteiger partial charge on any atom is -0.207 e. The first-order valence-electron chi connectivity index (χ1n) is 4.22. The number of hydrogen-bond acceptors (Lipinski definition) is 0. The summed E-state index contributed by atoms with van der Waals surface area (Å²) in [6.45, 7) is 3.80. The maximum atomic E-state index is 12.5. The van der Waals surface area contributed by atoms with Crippen molar-refractivity contribution in [3.63, 3.8) is 0 Å². The van der Waals surface area contributed by atoms with E-state index in [-0.39, 0.29) is 5.82 Å². The van der Waals surface area contributed by atoms with Crippen molar-refractivity contribution in [2.75, 3.05) is 0 Å². The summed E-state index contributed by atoms with van der Waals surface area (Å²) in [5.74, 6) is 6.73. The van der Waals surface area contributed by atoms with Gasteiger partial charge in [-0.25, -0.2) is 4.39 Å². The molecule has 67 valence electrons. The fourth-order valence-electron chi connectivity index (χ4n) is 1.17. The number of halogens is 1. The number of benzene rings is 1. The summed E-state index contributed by atoms with van der Waals surface area (Å²) in [6.07, 6.45) is 0.807. The zero-order chi connectivity index (χ0) is 9.68. The van der Waals surface area contributed by atoms with Crippen molar-refractivity contribution >= 4 is 0 Å². The zero-order valence-corrected chi connectivity index (χ0v) is 7.89. The van der Waals surface area contributed by atoms with E-state index < -0.39 is 0 Å². The van der Waals surface area contributed by atoms with Crippen molar-refractivity contribution in [2.45, 2.75) is 20.3 Å². The molecule has 0 spiro atoms. The molecule has 0 saturated carbocycles. The Kier molecular flexibility index (Phi) is 3.52. The third kappa shape index (κ3) is 3.29. The largest absolute Gasteiger partial charge is 0.207 e. The molecule has 0 fully saturated rings. The molecule has 1 aromatic rings. The maximum Gasteiger partial charge on any atom is 0.123 e. The molecule has 0 aromatic heterocycles. The molecule has 0 unspecified atom stereocenters. The van der Waals surface area contributed by atoms with Crippen molar-refractivity contribution < 1.29 is 4.39 Å². The highest BCUT2D eigenvalue weighted by Crippen LogP contribution is 2.09. The summed E-state index contributed by atoms with van der Waals surface area (Å²) in [6, 6.07) is 6.52. The monoisotopic (exact) mass is 175 g/mol. The predicted octanol–water partition coefficient (Wildman–Crippen LogP) is 2.99. The third-order valence-electron chi connectivity index (χ3n) is 1.72. The van der Waals surface area contributed by atoms with Gasteiger partial charge >= 0.3 is 0 Å². The van der Waals surface area contributed by atoms with Gasteiger partial charge in [0.2, 0.25) is 0 Å². The fourth-order valence-corrected chi connectivity index (χ4v) is 1.17. The van der Waals surface area contributed by atoms with E-state index in [1.54, 1.807) is 12.1 Å². The van der Waals surface area contributed by atoms with E-state index >= 15 is 0 Å². The fraction of sp³-hybridized carbons (Fsp3) is 0.250. The quantitative estimate of drug-likeness (QED) is 0.606. The third-order valence-corrected chi connectivity index (χ3v) is 1.72. The molecule has 0 aliphatic heterocycles. The normalized spacial score (nSPS) is 9.54. The van der Waals surface area contributed by atoms with Crippen LogP contribution in [0.4, 0.5) is 4.39 Å². The van der Waals surface area contributed by atoms with E-state index in [1.165, 1.54) is 12.1 Å². The minimum absolute atomic E-state index is 0.192. The standard InChI is InChI=1S/C12H12F/c1-3-4-10(2)9-11-5-7-12(13)8-6-11/h5-8H,9H2,1-2H3. The highest BCUT2D eigenvalue weighted by molar-refractivity contribution is 5.27. The van der Waals surface area contributed by atoms with Gasteiger partial charge in [0.15, 0.2) is 0 Å². The van der Waals surface area contributed by atoms with Crippen LogP contribution in [0.5, 0.6) is 0 Å². The Hall–Kier alpha value is -1.29. The molecule has 0 bridgehead atoms. The molecule has 0 atom stereocenters. The SMILES string of the molecule is CC#C[C](C)Cc1ccc(F)cc1. The Labute approximate surface area is 78.8 Å². The molecule has 13 heavy (non-hydrogen) atoms. The van der Waals surface area contributed by atoms with Crippen LogP contribution >= 0.6 is 0 Å². The summed E-state index contributed by atoms with van der Waals surface area (Å²) < 4.78 is 12.5. The van der Waals surface area contributed by atoms with Crippen LogP contribution in [-0.4, -0.2) is 0 Å². The van der Waals surface area contributed by atoms with Crippen molar-refractivity contribution in [2.24, 2.45) is 0 Å². The van der Waals surface area contributed by atoms with Crippen LogP contribution in [0, 0.1) is 23.6 Å². The van der Waals surface area contributed by atoms with Crippen LogP contribution in [-0.2, 0) is 6.42 Å². The zero-order valence-electron chi connectivity index (χ0n) is 7.89. The average molecular weight is 175 g/mol. The smallest absolute Gasteiger partial charge is 0.123 e. The lowest BCUT2D eigenvalue weighted by molar-refractivity contribution is 0.627. The van der Waals surface area contributed by atoms with Gasteiger partial charge < -0.3 is 0 Å². The van der Waals surface area contributed by atoms with E-state index in [2.05, 4.69) is 11.8 Å². The molecule has 0 N–H and O–H groups in total. The molecular weight excluding hydrogens is 163 g/mol. The average Bonchev–Trinajstić information content (AvgIpc) is 2.09. The van der Waals surface area contributed by atoms with Crippen LogP contribution in [0.25, 0.3) is 0 Å². The topological polar surface area (TPSA) is 0 Å². The molecule has 0 saturated heterocycles. The number of hydrogen-bond donors (Lipinski definition) is 0. The Morgan fingerprint density at radius 3 is 2.46 bits per heavy atom. The molecule has 1 heteroatoms. The second kappa shape index (κ2) is 4.67. The van der Waals surface area contributed by atoms with Crippen molar-refractivity contribution in [1.29, 1.82) is 0 Å². The van der Waals surface area contributed by atoms with Crippen LogP contribution in [0.15, 0.2) is 24.3 Å². The summed E-state index contributed by atoms with van der Waals surface area (Å²) in [5, 5.41) is 0. The molecule has 0 amide bonds. The van der Waals surface area contributed by atoms with Crippen LogP contribution in [0.2, 0.25) is 0 Å². The second-order valence-electron chi connectivity index (χ2n) is 2.96. The van der Waals surface area contributed by atoms with Crippen molar-refractivity contribution in [3.8, 4) is 11.8 Å². The van der Waals surface area contributed by atoms with Crippen molar-refractivity contribution in [1.82, 2.24) is 0 Å². The molecular formula is C12H12F. The summed E-state index contributed by atoms with van der Waals surface area (Å²) in [5.41, 5.74) is 1.10. The lowest BCUT2D eigenvalue weighted by atomic mass is 10.0. The molecule has 1 rings (SSSR count). The van der Waals surface area contributed by atoms with Crippen molar-refractivity contribution in [3.05, 3.63) is 41.6 Å². The van der Waals surface area contributed by atoms with Gasteiger partial charge in [-0.05, 0) is 38.0 Å². The Bertz CT molecular complexity index is 313. The highest BCUT2D eigenvalue weighted by Gasteiger charge is 2.00. The van der Waals surface area contributed by atoms with Gasteiger partial charge in [-0.3, -0.25) is 0 Å². The summed E-state index contributed by atoms with van der Waals surface area (Å²) in [7, 11) is 0. The Morgan fingerprint density at radius 1 is 1.31 bits per heavy atom. The van der Waals surface area contributed by atoms with Gasteiger partial charge in [0.05, 0.1) is 0 Å². The van der Waals surface area contributed by atoms with Gasteiger partial charge in [-0.1, -0.05) is 18.1 Å². The van der Waals surface area contributed by atoms with E-state index in [0.29, 0.717) is 0 Å². The van der Waals surface area contributed by atoms with E-state index in [9.17, 15) is 4.39 Å². The van der Waals surface area contributed by atoms with Crippen LogP contribution < -0.4 is 0 Å². The van der Waals surface area contributed by atoms with E-state index in [4.69, 9.17) is 0 Å². The minimum atomic E-state index is -0.192. The Morgan fingerprint density at radius 2 is 1.92 bits per heavy atom. The van der Waals surface area contributed by atoms with Gasteiger partial charge in [0.1, 0.15) is 5.82 Å². The molecule has 0 nitrogen and oxygen atoms in total. The first-order chi connectivity index (χ1) is 6.22. The van der Waals surface area contributed by atoms with Gasteiger partial charge in [-0.15, -0.1) is 5.92 Å². The molecule has 0 aliphatic carbocycles. The van der Waals surface area contributed by atoms with E-state index in [0.717, 1.165) is 17.9 Å². The second-order valence-corrected chi connectivity index (χ2v) is 2.96. The highest BCUT2D eigenvalue weighted by atomic mass is 19.1. The predicted molar refractivity (Wildman–Crippen MR) is 52.5 cm³/mol. The van der Waals surface area contributed by atoms with Crippen LogP contribution in [0.1, 0.15) is 19.4 Å². The first-order valence-corrected chi connectivity index (χ1v) is 4.22. The summed E-state index contributed by atoms with van der Waals surface area (Å²) >= 11 is 0. The molecule has 1 aromatic carbocycles.